The fourth-order valence-electron chi connectivity index (χ4n) is 4.94. The number of nitrogens with zero attached hydrogens (tertiary/aromatic N) is 1. The molecule has 0 aliphatic carbocycles. The molecular formula is C28H30NO2P. The molecule has 0 bridgehead atoms. The molecule has 0 spiro atoms. The summed E-state index contributed by atoms with van der Waals surface area (Å²) in [5, 5.41) is 6.99. The molecule has 0 amide bonds. The summed E-state index contributed by atoms with van der Waals surface area (Å²) in [7, 11) is -1.39. The zero-order valence-corrected chi connectivity index (χ0v) is 20.5. The van der Waals surface area contributed by atoms with E-state index in [0.717, 1.165) is 21.9 Å². The van der Waals surface area contributed by atoms with Gasteiger partial charge in [-0.1, -0.05) is 60.7 Å². The van der Waals surface area contributed by atoms with Crippen LogP contribution in [0.25, 0.3) is 43.5 Å². The van der Waals surface area contributed by atoms with E-state index in [1.165, 1.54) is 21.5 Å². The molecule has 0 N–H and O–H groups in total. The van der Waals surface area contributed by atoms with Crippen molar-refractivity contribution in [3.8, 4) is 0 Å². The van der Waals surface area contributed by atoms with Crippen molar-refractivity contribution >= 4 is 51.6 Å². The highest BCUT2D eigenvalue weighted by molar-refractivity contribution is 7.39. The van der Waals surface area contributed by atoms with Gasteiger partial charge >= 0.3 is 8.16 Å². The molecule has 0 atom stereocenters. The van der Waals surface area contributed by atoms with Crippen molar-refractivity contribution in [1.29, 1.82) is 0 Å². The fourth-order valence-corrected chi connectivity index (χ4v) is 6.76. The van der Waals surface area contributed by atoms with Crippen molar-refractivity contribution in [1.82, 2.24) is 0 Å². The predicted octanol–water partition coefficient (Wildman–Crippen LogP) is 9.13. The molecule has 0 unspecified atom stereocenters. The van der Waals surface area contributed by atoms with Gasteiger partial charge in [0, 0.05) is 21.9 Å². The summed E-state index contributed by atoms with van der Waals surface area (Å²) in [4.78, 5) is 0. The van der Waals surface area contributed by atoms with Crippen molar-refractivity contribution in [2.45, 2.75) is 52.6 Å². The molecule has 0 aliphatic heterocycles. The molecule has 1 aromatic heterocycles. The first-order valence-corrected chi connectivity index (χ1v) is 12.3. The van der Waals surface area contributed by atoms with Crippen molar-refractivity contribution in [3.63, 3.8) is 0 Å². The number of rotatable bonds is 1. The Hall–Kier alpha value is -2.74. The Kier molecular flexibility index (Phi) is 4.89. The summed E-state index contributed by atoms with van der Waals surface area (Å²) in [6.07, 6.45) is 0. The number of benzene rings is 4. The molecule has 0 aliphatic rings. The van der Waals surface area contributed by atoms with Crippen molar-refractivity contribution in [2.75, 3.05) is 4.67 Å². The van der Waals surface area contributed by atoms with Gasteiger partial charge in [0.2, 0.25) is 0 Å². The van der Waals surface area contributed by atoms with Gasteiger partial charge in [-0.15, -0.1) is 0 Å². The topological polar surface area (TPSA) is 29.5 Å². The summed E-state index contributed by atoms with van der Waals surface area (Å²) in [6.45, 7) is 13.3. The second kappa shape index (κ2) is 7.40. The van der Waals surface area contributed by atoms with Crippen LogP contribution in [0.4, 0.5) is 0 Å². The van der Waals surface area contributed by atoms with E-state index in [4.69, 9.17) is 8.39 Å². The first kappa shape index (κ1) is 21.1. The summed E-state index contributed by atoms with van der Waals surface area (Å²) in [6, 6.07) is 25.6. The Labute approximate surface area is 190 Å². The molecular weight excluding hydrogens is 413 g/mol. The number of fused-ring (bicyclic) bond motifs is 7. The van der Waals surface area contributed by atoms with Crippen LogP contribution in [0, 0.1) is 0 Å². The van der Waals surface area contributed by atoms with Crippen molar-refractivity contribution < 1.29 is 8.39 Å². The van der Waals surface area contributed by atoms with E-state index in [0.29, 0.717) is 0 Å². The average molecular weight is 444 g/mol. The number of hydrogen-bond donors (Lipinski definition) is 0. The Morgan fingerprint density at radius 2 is 0.969 bits per heavy atom. The lowest BCUT2D eigenvalue weighted by Crippen LogP contribution is -2.51. The maximum absolute atomic E-state index is 6.78. The SMILES string of the molecule is CC(C)(C)N(p1oc2ccc3ccccc3c2c2c(ccc3ccccc32)o1)C(C)(C)C. The molecule has 0 radical (unpaired) electrons. The largest absolute Gasteiger partial charge is 0.408 e. The minimum Gasteiger partial charge on any atom is -0.408 e. The van der Waals surface area contributed by atoms with Gasteiger partial charge in [0.25, 0.3) is 0 Å². The van der Waals surface area contributed by atoms with E-state index in [1.807, 2.05) is 0 Å². The van der Waals surface area contributed by atoms with Gasteiger partial charge in [-0.3, -0.25) is 0 Å². The first-order valence-electron chi connectivity index (χ1n) is 11.1. The highest BCUT2D eigenvalue weighted by atomic mass is 31.1. The zero-order chi connectivity index (χ0) is 22.7. The minimum atomic E-state index is -1.39. The molecule has 1 heterocycles. The van der Waals surface area contributed by atoms with Gasteiger partial charge in [0.1, 0.15) is 11.2 Å². The summed E-state index contributed by atoms with van der Waals surface area (Å²) in [5.74, 6) is 0. The average Bonchev–Trinajstić information content (AvgIpc) is 2.88. The predicted molar refractivity (Wildman–Crippen MR) is 139 cm³/mol. The van der Waals surface area contributed by atoms with Crippen molar-refractivity contribution in [3.05, 3.63) is 72.8 Å². The van der Waals surface area contributed by atoms with Crippen LogP contribution < -0.4 is 4.67 Å². The maximum Gasteiger partial charge on any atom is 0.310 e. The lowest BCUT2D eigenvalue weighted by Gasteiger charge is -2.41. The van der Waals surface area contributed by atoms with Crippen LogP contribution in [0.15, 0.2) is 81.2 Å². The summed E-state index contributed by atoms with van der Waals surface area (Å²) < 4.78 is 15.9. The summed E-state index contributed by atoms with van der Waals surface area (Å²) >= 11 is 0. The molecule has 4 heteroatoms. The molecule has 0 fully saturated rings. The van der Waals surface area contributed by atoms with E-state index >= 15 is 0 Å². The lowest BCUT2D eigenvalue weighted by molar-refractivity contribution is 0.392. The van der Waals surface area contributed by atoms with Gasteiger partial charge in [-0.25, -0.2) is 0 Å². The van der Waals surface area contributed by atoms with Gasteiger partial charge in [-0.05, 0) is 75.2 Å². The third-order valence-electron chi connectivity index (χ3n) is 5.82. The normalized spacial score (nSPS) is 13.0. The quantitative estimate of drug-likeness (QED) is 0.259. The van der Waals surface area contributed by atoms with Crippen LogP contribution in [0.2, 0.25) is 0 Å². The van der Waals surface area contributed by atoms with E-state index in [-0.39, 0.29) is 11.1 Å². The highest BCUT2D eigenvalue weighted by Gasteiger charge is 2.36. The van der Waals surface area contributed by atoms with Crippen LogP contribution in [0.3, 0.4) is 0 Å². The Morgan fingerprint density at radius 1 is 0.562 bits per heavy atom. The van der Waals surface area contributed by atoms with Gasteiger partial charge in [0.15, 0.2) is 0 Å². The third-order valence-corrected chi connectivity index (χ3v) is 8.05. The molecule has 32 heavy (non-hydrogen) atoms. The third kappa shape index (κ3) is 3.50. The van der Waals surface area contributed by atoms with Crippen LogP contribution >= 0.6 is 8.16 Å². The summed E-state index contributed by atoms with van der Waals surface area (Å²) in [5.41, 5.74) is 1.48. The second-order valence-electron chi connectivity index (χ2n) is 10.4. The van der Waals surface area contributed by atoms with E-state index in [2.05, 4.69) is 119 Å². The standard InChI is InChI=1S/C28H30NO2P/c1-27(2,3)29(28(4,5)6)32-30-23-17-15-19-11-7-9-13-21(19)25(23)26-22-14-10-8-12-20(22)16-18-24(26)31-32/h7-18H,1-6H3. The van der Waals surface area contributed by atoms with E-state index < -0.39 is 8.16 Å². The van der Waals surface area contributed by atoms with Gasteiger partial charge in [0.05, 0.1) is 0 Å². The first-order chi connectivity index (χ1) is 15.1. The molecule has 0 saturated carbocycles. The number of hydrogen-bond acceptors (Lipinski definition) is 3. The lowest BCUT2D eigenvalue weighted by atomic mass is 9.99. The molecule has 4 aromatic carbocycles. The van der Waals surface area contributed by atoms with E-state index in [1.54, 1.807) is 0 Å². The van der Waals surface area contributed by atoms with Gasteiger partial charge < -0.3 is 8.39 Å². The second-order valence-corrected chi connectivity index (χ2v) is 11.6. The zero-order valence-electron chi connectivity index (χ0n) is 19.6. The molecule has 5 aromatic rings. The minimum absolute atomic E-state index is 0.137. The highest BCUT2D eigenvalue weighted by Crippen LogP contribution is 2.46. The molecule has 3 nitrogen and oxygen atoms in total. The monoisotopic (exact) mass is 443 g/mol. The van der Waals surface area contributed by atoms with E-state index in [9.17, 15) is 0 Å². The maximum atomic E-state index is 6.78. The molecule has 164 valence electrons. The Balaban J connectivity index is 2.06. The van der Waals surface area contributed by atoms with Gasteiger partial charge in [-0.2, -0.15) is 4.67 Å². The van der Waals surface area contributed by atoms with Crippen LogP contribution in [-0.2, 0) is 0 Å². The van der Waals surface area contributed by atoms with Crippen LogP contribution in [0.1, 0.15) is 41.5 Å². The van der Waals surface area contributed by atoms with Crippen LogP contribution in [0.5, 0.6) is 0 Å². The fraction of sp³-hybridized carbons (Fsp3) is 0.286. The Morgan fingerprint density at radius 3 is 1.38 bits per heavy atom. The van der Waals surface area contributed by atoms with Crippen molar-refractivity contribution in [2.24, 2.45) is 0 Å². The molecule has 0 saturated heterocycles. The smallest absolute Gasteiger partial charge is 0.310 e. The molecule has 5 rings (SSSR count). The van der Waals surface area contributed by atoms with Crippen LogP contribution in [-0.4, -0.2) is 11.1 Å². The Bertz CT molecular complexity index is 1390.